The lowest BCUT2D eigenvalue weighted by Gasteiger charge is -2.04. The predicted octanol–water partition coefficient (Wildman–Crippen LogP) is 3.66. The molecule has 0 unspecified atom stereocenters. The Bertz CT molecular complexity index is 576. The van der Waals surface area contributed by atoms with Gasteiger partial charge in [-0.2, -0.15) is 0 Å². The van der Waals surface area contributed by atoms with Crippen molar-refractivity contribution in [1.29, 1.82) is 0 Å². The molecule has 3 heteroatoms. The van der Waals surface area contributed by atoms with Crippen LogP contribution in [0.3, 0.4) is 0 Å². The molecule has 2 nitrogen and oxygen atoms in total. The molecule has 2 rings (SSSR count). The van der Waals surface area contributed by atoms with Crippen LogP contribution in [0.5, 0.6) is 0 Å². The zero-order valence-corrected chi connectivity index (χ0v) is 10.9. The lowest BCUT2D eigenvalue weighted by atomic mass is 10.0. The number of Topliss-reactive ketones (excluding diaryl/α,β-unsaturated/α-hetero) is 1. The van der Waals surface area contributed by atoms with Crippen molar-refractivity contribution >= 4 is 23.1 Å². The first-order valence-corrected chi connectivity index (χ1v) is 6.08. The lowest BCUT2D eigenvalue weighted by Crippen LogP contribution is -2.03. The largest absolute Gasteiger partial charge is 0.399 e. The van der Waals surface area contributed by atoms with Crippen LogP contribution in [-0.4, -0.2) is 5.78 Å². The average molecular weight is 260 g/mol. The van der Waals surface area contributed by atoms with Gasteiger partial charge >= 0.3 is 0 Å². The molecule has 0 heterocycles. The molecular weight excluding hydrogens is 246 g/mol. The zero-order chi connectivity index (χ0) is 13.1. The average Bonchev–Trinajstić information content (AvgIpc) is 2.35. The first kappa shape index (κ1) is 12.7. The van der Waals surface area contributed by atoms with E-state index in [1.807, 2.05) is 25.1 Å². The van der Waals surface area contributed by atoms with Crippen molar-refractivity contribution in [1.82, 2.24) is 0 Å². The summed E-state index contributed by atoms with van der Waals surface area (Å²) in [6.45, 7) is 1.91. The van der Waals surface area contributed by atoms with Gasteiger partial charge in [0.15, 0.2) is 5.78 Å². The molecule has 0 saturated carbocycles. The molecule has 2 aromatic rings. The second-order valence-electron chi connectivity index (χ2n) is 4.31. The third-order valence-corrected chi connectivity index (χ3v) is 3.25. The highest BCUT2D eigenvalue weighted by atomic mass is 35.5. The number of carbonyl (C=O) groups is 1. The van der Waals surface area contributed by atoms with Crippen molar-refractivity contribution < 1.29 is 4.79 Å². The molecule has 0 saturated heterocycles. The molecule has 0 aliphatic rings. The van der Waals surface area contributed by atoms with Gasteiger partial charge in [-0.25, -0.2) is 0 Å². The van der Waals surface area contributed by atoms with Crippen molar-refractivity contribution in [2.75, 3.05) is 5.73 Å². The van der Waals surface area contributed by atoms with Gasteiger partial charge in [0.1, 0.15) is 0 Å². The summed E-state index contributed by atoms with van der Waals surface area (Å²) in [5.74, 6) is 0.0571. The van der Waals surface area contributed by atoms with Crippen LogP contribution in [0.1, 0.15) is 21.5 Å². The molecule has 0 aliphatic carbocycles. The van der Waals surface area contributed by atoms with Crippen molar-refractivity contribution in [3.05, 3.63) is 64.2 Å². The van der Waals surface area contributed by atoms with E-state index in [2.05, 4.69) is 0 Å². The number of halogens is 1. The number of ketones is 1. The summed E-state index contributed by atoms with van der Waals surface area (Å²) in [6.07, 6.45) is 0.361. The Labute approximate surface area is 111 Å². The minimum atomic E-state index is 0.0571. The fraction of sp³-hybridized carbons (Fsp3) is 0.133. The quantitative estimate of drug-likeness (QED) is 0.675. The fourth-order valence-electron chi connectivity index (χ4n) is 1.69. The van der Waals surface area contributed by atoms with Crippen molar-refractivity contribution in [2.24, 2.45) is 0 Å². The predicted molar refractivity (Wildman–Crippen MR) is 75.1 cm³/mol. The third-order valence-electron chi connectivity index (χ3n) is 2.84. The van der Waals surface area contributed by atoms with Crippen LogP contribution in [0.15, 0.2) is 42.5 Å². The molecule has 0 spiro atoms. The SMILES string of the molecule is Cc1ccc(C(=O)Cc2ccc(N)cc2)cc1Cl. The maximum Gasteiger partial charge on any atom is 0.167 e. The number of anilines is 1. The van der Waals surface area contributed by atoms with Crippen LogP contribution in [0.4, 0.5) is 5.69 Å². The first-order chi connectivity index (χ1) is 8.56. The maximum absolute atomic E-state index is 12.1. The number of rotatable bonds is 3. The fourth-order valence-corrected chi connectivity index (χ4v) is 1.87. The van der Waals surface area contributed by atoms with E-state index in [1.165, 1.54) is 0 Å². The van der Waals surface area contributed by atoms with Crippen molar-refractivity contribution in [3.8, 4) is 0 Å². The molecule has 0 amide bonds. The molecule has 0 aromatic heterocycles. The van der Waals surface area contributed by atoms with Gasteiger partial charge in [0.25, 0.3) is 0 Å². The van der Waals surface area contributed by atoms with Crippen LogP contribution in [0.2, 0.25) is 5.02 Å². The summed E-state index contributed by atoms with van der Waals surface area (Å²) < 4.78 is 0. The van der Waals surface area contributed by atoms with E-state index in [0.717, 1.165) is 11.1 Å². The number of aryl methyl sites for hydroxylation is 1. The second-order valence-corrected chi connectivity index (χ2v) is 4.71. The van der Waals surface area contributed by atoms with Gasteiger partial charge in [0.2, 0.25) is 0 Å². The smallest absolute Gasteiger partial charge is 0.167 e. The van der Waals surface area contributed by atoms with Crippen molar-refractivity contribution in [3.63, 3.8) is 0 Å². The van der Waals surface area contributed by atoms with E-state index in [9.17, 15) is 4.79 Å². The highest BCUT2D eigenvalue weighted by Gasteiger charge is 2.08. The van der Waals surface area contributed by atoms with E-state index in [4.69, 9.17) is 17.3 Å². The Morgan fingerprint density at radius 2 is 1.83 bits per heavy atom. The number of nitrogens with two attached hydrogens (primary N) is 1. The van der Waals surface area contributed by atoms with Gasteiger partial charge < -0.3 is 5.73 Å². The normalized spacial score (nSPS) is 10.3. The molecule has 2 N–H and O–H groups in total. The molecule has 92 valence electrons. The van der Waals surface area contributed by atoms with Crippen LogP contribution >= 0.6 is 11.6 Å². The molecule has 18 heavy (non-hydrogen) atoms. The Morgan fingerprint density at radius 1 is 1.17 bits per heavy atom. The Kier molecular flexibility index (Phi) is 3.68. The summed E-state index contributed by atoms with van der Waals surface area (Å²) in [5, 5.41) is 0.623. The molecular formula is C15H14ClNO. The maximum atomic E-state index is 12.1. The number of hydrogen-bond acceptors (Lipinski definition) is 2. The monoisotopic (exact) mass is 259 g/mol. The molecule has 0 bridgehead atoms. The number of hydrogen-bond donors (Lipinski definition) is 1. The Balaban J connectivity index is 2.16. The number of carbonyl (C=O) groups excluding carboxylic acids is 1. The van der Waals surface area contributed by atoms with Gasteiger partial charge in [0, 0.05) is 22.7 Å². The van der Waals surface area contributed by atoms with E-state index < -0.39 is 0 Å². The van der Waals surface area contributed by atoms with E-state index >= 15 is 0 Å². The van der Waals surface area contributed by atoms with E-state index in [-0.39, 0.29) is 5.78 Å². The third kappa shape index (κ3) is 2.90. The van der Waals surface area contributed by atoms with E-state index in [0.29, 0.717) is 22.7 Å². The first-order valence-electron chi connectivity index (χ1n) is 5.70. The van der Waals surface area contributed by atoms with Crippen LogP contribution in [0, 0.1) is 6.92 Å². The second kappa shape index (κ2) is 5.23. The van der Waals surface area contributed by atoms with Gasteiger partial charge in [-0.3, -0.25) is 4.79 Å². The molecule has 0 fully saturated rings. The Morgan fingerprint density at radius 3 is 2.44 bits per heavy atom. The summed E-state index contributed by atoms with van der Waals surface area (Å²) in [7, 11) is 0. The van der Waals surface area contributed by atoms with E-state index in [1.54, 1.807) is 24.3 Å². The summed E-state index contributed by atoms with van der Waals surface area (Å²) >= 11 is 6.01. The molecule has 0 aliphatic heterocycles. The molecule has 0 atom stereocenters. The van der Waals surface area contributed by atoms with Crippen molar-refractivity contribution in [2.45, 2.75) is 13.3 Å². The molecule has 2 aromatic carbocycles. The Hall–Kier alpha value is -1.80. The standard InChI is InChI=1S/C15H14ClNO/c1-10-2-5-12(9-14(10)16)15(18)8-11-3-6-13(17)7-4-11/h2-7,9H,8,17H2,1H3. The van der Waals surface area contributed by atoms with Gasteiger partial charge in [-0.05, 0) is 36.2 Å². The number of nitrogen functional groups attached to an aromatic ring is 1. The summed E-state index contributed by atoms with van der Waals surface area (Å²) in [5.41, 5.74) is 8.87. The highest BCUT2D eigenvalue weighted by molar-refractivity contribution is 6.31. The lowest BCUT2D eigenvalue weighted by molar-refractivity contribution is 0.0993. The minimum Gasteiger partial charge on any atom is -0.399 e. The van der Waals surface area contributed by atoms with Gasteiger partial charge in [-0.15, -0.1) is 0 Å². The zero-order valence-electron chi connectivity index (χ0n) is 10.1. The van der Waals surface area contributed by atoms with Crippen LogP contribution in [-0.2, 0) is 6.42 Å². The van der Waals surface area contributed by atoms with Gasteiger partial charge in [0.05, 0.1) is 0 Å². The topological polar surface area (TPSA) is 43.1 Å². The number of benzene rings is 2. The highest BCUT2D eigenvalue weighted by Crippen LogP contribution is 2.18. The summed E-state index contributed by atoms with van der Waals surface area (Å²) in [6, 6.07) is 12.7. The minimum absolute atomic E-state index is 0.0571. The van der Waals surface area contributed by atoms with Gasteiger partial charge in [-0.1, -0.05) is 35.9 Å². The van der Waals surface area contributed by atoms with Crippen LogP contribution in [0.25, 0.3) is 0 Å². The molecule has 0 radical (unpaired) electrons. The van der Waals surface area contributed by atoms with Crippen LogP contribution < -0.4 is 5.73 Å². The summed E-state index contributed by atoms with van der Waals surface area (Å²) in [4.78, 5) is 12.1.